The molecule has 0 radical (unpaired) electrons. The Morgan fingerprint density at radius 2 is 0.786 bits per heavy atom. The molecule has 0 aromatic rings. The standard InChI is InChI=1S/C3F10S/c4-1(2(5,6)7,3(8,9)10)14(11,12)13. The summed E-state index contributed by atoms with van der Waals surface area (Å²) in [7, 11) is 0. The zero-order valence-electron chi connectivity index (χ0n) is 5.69. The second kappa shape index (κ2) is 3.07. The molecule has 0 fully saturated rings. The minimum Gasteiger partial charge on any atom is -0.205 e. The van der Waals surface area contributed by atoms with Crippen LogP contribution in [-0.2, 0) is 0 Å². The summed E-state index contributed by atoms with van der Waals surface area (Å²) < 4.78 is 114. The van der Waals surface area contributed by atoms with Crippen molar-refractivity contribution in [1.82, 2.24) is 0 Å². The number of hydrogen-bond acceptors (Lipinski definition) is 0. The summed E-state index contributed by atoms with van der Waals surface area (Å²) in [5.74, 6) is 0. The van der Waals surface area contributed by atoms with Crippen molar-refractivity contribution in [3.8, 4) is 0 Å². The van der Waals surface area contributed by atoms with Crippen LogP contribution in [0.2, 0.25) is 0 Å². The van der Waals surface area contributed by atoms with Crippen LogP contribution < -0.4 is 0 Å². The van der Waals surface area contributed by atoms with Crippen molar-refractivity contribution in [1.29, 1.82) is 0 Å². The van der Waals surface area contributed by atoms with E-state index in [1.54, 1.807) is 0 Å². The van der Waals surface area contributed by atoms with E-state index in [1.807, 2.05) is 0 Å². The molecule has 88 valence electrons. The Hall–Kier alpha value is -0.350. The van der Waals surface area contributed by atoms with E-state index in [9.17, 15) is 42.4 Å². The molecular weight excluding hydrogens is 258 g/mol. The van der Waals surface area contributed by atoms with E-state index >= 15 is 0 Å². The SMILES string of the molecule is FC(F)(F)C(F)(C(F)(F)F)S(F)(F)F. The van der Waals surface area contributed by atoms with E-state index in [4.69, 9.17) is 0 Å². The smallest absolute Gasteiger partial charge is 0.205 e. The summed E-state index contributed by atoms with van der Waals surface area (Å²) in [4.78, 5) is 0. The Balaban J connectivity index is 5.54. The topological polar surface area (TPSA) is 0 Å². The van der Waals surface area contributed by atoms with Gasteiger partial charge in [0.15, 0.2) is 0 Å². The van der Waals surface area contributed by atoms with Crippen LogP contribution in [0.4, 0.5) is 42.4 Å². The molecule has 0 N–H and O–H groups in total. The molecule has 0 amide bonds. The molecule has 0 nitrogen and oxygen atoms in total. The second-order valence-corrected chi connectivity index (χ2v) is 3.37. The van der Waals surface area contributed by atoms with Gasteiger partial charge in [-0.2, -0.15) is 26.3 Å². The summed E-state index contributed by atoms with van der Waals surface area (Å²) >= 11 is -8.00. The van der Waals surface area contributed by atoms with Gasteiger partial charge in [-0.25, -0.2) is 4.39 Å². The molecule has 0 bridgehead atoms. The molecule has 0 saturated carbocycles. The van der Waals surface area contributed by atoms with E-state index in [1.165, 1.54) is 0 Å². The van der Waals surface area contributed by atoms with Crippen LogP contribution in [0.25, 0.3) is 0 Å². The Kier molecular flexibility index (Phi) is 2.99. The summed E-state index contributed by atoms with van der Waals surface area (Å²) in [6, 6.07) is 0. The molecule has 14 heavy (non-hydrogen) atoms. The third kappa shape index (κ3) is 1.86. The highest BCUT2D eigenvalue weighted by Crippen LogP contribution is 2.74. The average molecular weight is 258 g/mol. The Labute approximate surface area is 72.1 Å². The zero-order chi connectivity index (χ0) is 12.0. The number of rotatable bonds is 1. The lowest BCUT2D eigenvalue weighted by Crippen LogP contribution is -2.53. The van der Waals surface area contributed by atoms with Crippen LogP contribution >= 0.6 is 11.2 Å². The van der Waals surface area contributed by atoms with Gasteiger partial charge >= 0.3 is 17.4 Å². The van der Waals surface area contributed by atoms with E-state index in [0.29, 0.717) is 0 Å². The van der Waals surface area contributed by atoms with Gasteiger partial charge in [-0.3, -0.25) is 0 Å². The van der Waals surface area contributed by atoms with Gasteiger partial charge in [0.05, 0.1) is 0 Å². The summed E-state index contributed by atoms with van der Waals surface area (Å²) in [6.07, 6.45) is -14.1. The molecule has 0 aliphatic carbocycles. The number of alkyl halides is 7. The van der Waals surface area contributed by atoms with Crippen LogP contribution in [0, 0.1) is 0 Å². The first-order valence-corrected chi connectivity index (χ1v) is 3.82. The second-order valence-electron chi connectivity index (χ2n) is 2.00. The highest BCUT2D eigenvalue weighted by molar-refractivity contribution is 8.22. The van der Waals surface area contributed by atoms with Crippen molar-refractivity contribution < 1.29 is 42.4 Å². The minimum atomic E-state index is -8.00. The average Bonchev–Trinajstić information content (AvgIpc) is 1.77. The first-order valence-electron chi connectivity index (χ1n) is 2.49. The molecule has 0 rings (SSSR count). The van der Waals surface area contributed by atoms with Gasteiger partial charge in [-0.1, -0.05) is 0 Å². The molecule has 0 aliphatic rings. The fourth-order valence-corrected chi connectivity index (χ4v) is 0.948. The molecule has 0 heterocycles. The van der Waals surface area contributed by atoms with Gasteiger partial charge in [0, 0.05) is 0 Å². The van der Waals surface area contributed by atoms with Crippen molar-refractivity contribution in [2.24, 2.45) is 0 Å². The fraction of sp³-hybridized carbons (Fsp3) is 1.00. The Morgan fingerprint density at radius 1 is 0.571 bits per heavy atom. The lowest BCUT2D eigenvalue weighted by molar-refractivity contribution is -0.307. The summed E-state index contributed by atoms with van der Waals surface area (Å²) in [6.45, 7) is 0. The normalized spacial score (nSPS) is 17.0. The third-order valence-corrected chi connectivity index (χ3v) is 2.15. The van der Waals surface area contributed by atoms with Crippen molar-refractivity contribution in [2.75, 3.05) is 0 Å². The molecule has 0 spiro atoms. The molecule has 11 heteroatoms. The summed E-state index contributed by atoms with van der Waals surface area (Å²) in [5, 5.41) is -7.10. The molecule has 0 unspecified atom stereocenters. The maximum atomic E-state index is 12.0. The Bertz CT molecular complexity index is 169. The molecule has 0 saturated heterocycles. The lowest BCUT2D eigenvalue weighted by atomic mass is 10.3. The maximum Gasteiger partial charge on any atom is 0.447 e. The van der Waals surface area contributed by atoms with Crippen LogP contribution in [0.3, 0.4) is 0 Å². The first kappa shape index (κ1) is 13.7. The fourth-order valence-electron chi connectivity index (χ4n) is 0.423. The lowest BCUT2D eigenvalue weighted by Gasteiger charge is -2.32. The number of halogens is 10. The van der Waals surface area contributed by atoms with Crippen molar-refractivity contribution >= 4 is 11.2 Å². The minimum absolute atomic E-state index is 7.06. The van der Waals surface area contributed by atoms with E-state index in [-0.39, 0.29) is 0 Å². The molecule has 0 aromatic heterocycles. The molecule has 0 atom stereocenters. The van der Waals surface area contributed by atoms with Crippen LogP contribution in [0.15, 0.2) is 0 Å². The van der Waals surface area contributed by atoms with Crippen molar-refractivity contribution in [3.63, 3.8) is 0 Å². The van der Waals surface area contributed by atoms with Gasteiger partial charge in [0.1, 0.15) is 0 Å². The van der Waals surface area contributed by atoms with Crippen LogP contribution in [-0.4, -0.2) is 17.4 Å². The van der Waals surface area contributed by atoms with E-state index in [0.717, 1.165) is 0 Å². The molecular formula is C3F10S. The van der Waals surface area contributed by atoms with E-state index in [2.05, 4.69) is 0 Å². The monoisotopic (exact) mass is 258 g/mol. The highest BCUT2D eigenvalue weighted by Gasteiger charge is 2.84. The van der Waals surface area contributed by atoms with Gasteiger partial charge in [-0.15, -0.1) is 11.7 Å². The van der Waals surface area contributed by atoms with Gasteiger partial charge in [0.2, 0.25) is 0 Å². The zero-order valence-corrected chi connectivity index (χ0v) is 6.50. The first-order chi connectivity index (χ1) is 5.75. The van der Waals surface area contributed by atoms with Crippen LogP contribution in [0.1, 0.15) is 0 Å². The highest BCUT2D eigenvalue weighted by atomic mass is 32.3. The predicted octanol–water partition coefficient (Wildman–Crippen LogP) is 4.23. The summed E-state index contributed by atoms with van der Waals surface area (Å²) in [5.41, 5.74) is 0. The van der Waals surface area contributed by atoms with E-state index < -0.39 is 28.5 Å². The van der Waals surface area contributed by atoms with Crippen molar-refractivity contribution in [3.05, 3.63) is 0 Å². The molecule has 0 aromatic carbocycles. The van der Waals surface area contributed by atoms with Gasteiger partial charge in [-0.05, 0) is 0 Å². The number of hydrogen-bond donors (Lipinski definition) is 0. The van der Waals surface area contributed by atoms with Gasteiger partial charge in [0.25, 0.3) is 11.2 Å². The maximum absolute atomic E-state index is 12.0. The van der Waals surface area contributed by atoms with Gasteiger partial charge < -0.3 is 0 Å². The molecule has 0 aliphatic heterocycles. The van der Waals surface area contributed by atoms with Crippen molar-refractivity contribution in [2.45, 2.75) is 17.4 Å². The predicted molar refractivity (Wildman–Crippen MR) is 26.9 cm³/mol. The third-order valence-electron chi connectivity index (χ3n) is 1.05. The largest absolute Gasteiger partial charge is 0.447 e. The van der Waals surface area contributed by atoms with Crippen LogP contribution in [0.5, 0.6) is 0 Å². The Morgan fingerprint density at radius 3 is 0.786 bits per heavy atom. The quantitative estimate of drug-likeness (QED) is 0.617.